The molecule has 2 fully saturated rings. The molecule has 1 saturated carbocycles. The second-order valence-corrected chi connectivity index (χ2v) is 6.83. The fourth-order valence-electron chi connectivity index (χ4n) is 2.82. The molecule has 1 aromatic rings. The van der Waals surface area contributed by atoms with Crippen molar-refractivity contribution in [2.24, 2.45) is 0 Å². The van der Waals surface area contributed by atoms with E-state index in [1.807, 2.05) is 12.1 Å². The predicted octanol–water partition coefficient (Wildman–Crippen LogP) is 3.21. The van der Waals surface area contributed by atoms with E-state index in [-0.39, 0.29) is 5.54 Å². The number of rotatable bonds is 4. The van der Waals surface area contributed by atoms with Crippen LogP contribution in [0.25, 0.3) is 0 Å². The number of hydrogen-bond acceptors (Lipinski definition) is 3. The highest BCUT2D eigenvalue weighted by Gasteiger charge is 2.33. The van der Waals surface area contributed by atoms with Crippen LogP contribution in [0.5, 0.6) is 0 Å². The van der Waals surface area contributed by atoms with E-state index in [0.717, 1.165) is 31.3 Å². The van der Waals surface area contributed by atoms with Gasteiger partial charge in [0.1, 0.15) is 0 Å². The summed E-state index contributed by atoms with van der Waals surface area (Å²) < 4.78 is 5.62. The van der Waals surface area contributed by atoms with Gasteiger partial charge in [0.25, 0.3) is 0 Å². The van der Waals surface area contributed by atoms with Crippen LogP contribution in [0, 0.1) is 0 Å². The number of nitrogens with zero attached hydrogens (tertiary/aromatic N) is 1. The molecule has 0 atom stereocenters. The van der Waals surface area contributed by atoms with E-state index in [0.29, 0.717) is 6.04 Å². The predicted molar refractivity (Wildman–Crippen MR) is 83.6 cm³/mol. The van der Waals surface area contributed by atoms with Crippen molar-refractivity contribution in [3.63, 3.8) is 0 Å². The van der Waals surface area contributed by atoms with Gasteiger partial charge in [-0.2, -0.15) is 0 Å². The Morgan fingerprint density at radius 1 is 1.40 bits per heavy atom. The second-order valence-electron chi connectivity index (χ2n) is 6.42. The molecule has 1 N–H and O–H groups in total. The van der Waals surface area contributed by atoms with Crippen LogP contribution in [0.15, 0.2) is 18.2 Å². The number of halogens is 1. The van der Waals surface area contributed by atoms with Crippen molar-refractivity contribution in [2.45, 2.75) is 44.8 Å². The minimum absolute atomic E-state index is 0.0163. The second kappa shape index (κ2) is 5.55. The van der Waals surface area contributed by atoms with Crippen LogP contribution in [0.3, 0.4) is 0 Å². The smallest absolute Gasteiger partial charge is 0.0694 e. The molecule has 20 heavy (non-hydrogen) atoms. The van der Waals surface area contributed by atoms with Crippen LogP contribution in [0.1, 0.15) is 32.3 Å². The minimum atomic E-state index is -0.0163. The third-order valence-corrected chi connectivity index (χ3v) is 4.45. The van der Waals surface area contributed by atoms with Crippen molar-refractivity contribution in [1.82, 2.24) is 5.32 Å². The molecular weight excluding hydrogens is 272 g/mol. The van der Waals surface area contributed by atoms with Crippen LogP contribution in [-0.4, -0.2) is 31.3 Å². The highest BCUT2D eigenvalue weighted by molar-refractivity contribution is 6.33. The normalized spacial score (nSPS) is 22.1. The lowest BCUT2D eigenvalue weighted by molar-refractivity contribution is 0.0643. The molecule has 0 unspecified atom stereocenters. The van der Waals surface area contributed by atoms with Gasteiger partial charge < -0.3 is 15.0 Å². The Morgan fingerprint density at radius 2 is 2.20 bits per heavy atom. The molecule has 1 heterocycles. The summed E-state index contributed by atoms with van der Waals surface area (Å²) in [5.41, 5.74) is 2.45. The summed E-state index contributed by atoms with van der Waals surface area (Å²) in [4.78, 5) is 2.41. The van der Waals surface area contributed by atoms with Crippen molar-refractivity contribution >= 4 is 17.3 Å². The lowest BCUT2D eigenvalue weighted by Gasteiger charge is -2.45. The van der Waals surface area contributed by atoms with Gasteiger partial charge in [-0.05, 0) is 38.3 Å². The first-order chi connectivity index (χ1) is 9.58. The van der Waals surface area contributed by atoms with E-state index in [1.54, 1.807) is 0 Å². The molecule has 1 aliphatic heterocycles. The quantitative estimate of drug-likeness (QED) is 0.923. The average Bonchev–Trinajstić information content (AvgIpc) is 3.21. The van der Waals surface area contributed by atoms with Crippen LogP contribution in [-0.2, 0) is 11.3 Å². The molecule has 1 saturated heterocycles. The SMILES string of the molecule is CC1(C)COCCN1c1c(Cl)cccc1CNC1CC1. The van der Waals surface area contributed by atoms with E-state index in [1.165, 1.54) is 24.1 Å². The van der Waals surface area contributed by atoms with E-state index in [2.05, 4.69) is 30.1 Å². The fraction of sp³-hybridized carbons (Fsp3) is 0.625. The number of morpholine rings is 1. The zero-order chi connectivity index (χ0) is 14.2. The van der Waals surface area contributed by atoms with E-state index in [4.69, 9.17) is 16.3 Å². The van der Waals surface area contributed by atoms with Crippen LogP contribution in [0.2, 0.25) is 5.02 Å². The van der Waals surface area contributed by atoms with Crippen LogP contribution in [0.4, 0.5) is 5.69 Å². The van der Waals surface area contributed by atoms with Gasteiger partial charge in [0.05, 0.1) is 29.5 Å². The maximum absolute atomic E-state index is 6.51. The van der Waals surface area contributed by atoms with Gasteiger partial charge in [-0.15, -0.1) is 0 Å². The number of benzene rings is 1. The first kappa shape index (κ1) is 14.2. The number of para-hydroxylation sites is 1. The van der Waals surface area contributed by atoms with Gasteiger partial charge in [0, 0.05) is 19.1 Å². The molecule has 1 aliphatic carbocycles. The average molecular weight is 295 g/mol. The van der Waals surface area contributed by atoms with Crippen molar-refractivity contribution in [3.8, 4) is 0 Å². The third-order valence-electron chi connectivity index (χ3n) is 4.14. The molecule has 2 aliphatic rings. The molecule has 1 aromatic carbocycles. The summed E-state index contributed by atoms with van der Waals surface area (Å²) in [7, 11) is 0. The summed E-state index contributed by atoms with van der Waals surface area (Å²) in [6, 6.07) is 6.92. The number of nitrogens with one attached hydrogen (secondary N) is 1. The van der Waals surface area contributed by atoms with E-state index in [9.17, 15) is 0 Å². The maximum atomic E-state index is 6.51. The Morgan fingerprint density at radius 3 is 2.90 bits per heavy atom. The number of ether oxygens (including phenoxy) is 1. The lowest BCUT2D eigenvalue weighted by Crippen LogP contribution is -2.53. The van der Waals surface area contributed by atoms with Crippen molar-refractivity contribution < 1.29 is 4.74 Å². The van der Waals surface area contributed by atoms with Gasteiger partial charge >= 0.3 is 0 Å². The molecule has 0 spiro atoms. The minimum Gasteiger partial charge on any atom is -0.377 e. The van der Waals surface area contributed by atoms with Crippen molar-refractivity contribution in [3.05, 3.63) is 28.8 Å². The molecule has 3 nitrogen and oxygen atoms in total. The molecule has 0 bridgehead atoms. The summed E-state index contributed by atoms with van der Waals surface area (Å²) >= 11 is 6.51. The largest absolute Gasteiger partial charge is 0.377 e. The highest BCUT2D eigenvalue weighted by Crippen LogP contribution is 2.36. The van der Waals surface area contributed by atoms with Crippen molar-refractivity contribution in [1.29, 1.82) is 0 Å². The zero-order valence-electron chi connectivity index (χ0n) is 12.3. The van der Waals surface area contributed by atoms with Crippen LogP contribution >= 0.6 is 11.6 Å². The molecule has 0 aromatic heterocycles. The summed E-state index contributed by atoms with van der Waals surface area (Å²) in [6.45, 7) is 7.74. The maximum Gasteiger partial charge on any atom is 0.0694 e. The Balaban J connectivity index is 1.89. The Bertz CT molecular complexity index is 485. The Hall–Kier alpha value is -0.770. The number of hydrogen-bond donors (Lipinski definition) is 1. The lowest BCUT2D eigenvalue weighted by atomic mass is 9.99. The first-order valence-corrected chi connectivity index (χ1v) is 7.82. The van der Waals surface area contributed by atoms with Gasteiger partial charge in [-0.25, -0.2) is 0 Å². The molecule has 0 radical (unpaired) electrons. The molecular formula is C16H23ClN2O. The topological polar surface area (TPSA) is 24.5 Å². The Labute approximate surface area is 126 Å². The summed E-state index contributed by atoms with van der Waals surface area (Å²) in [5, 5.41) is 4.43. The molecule has 0 amide bonds. The third kappa shape index (κ3) is 2.95. The molecule has 3 rings (SSSR count). The molecule has 110 valence electrons. The monoisotopic (exact) mass is 294 g/mol. The fourth-order valence-corrected chi connectivity index (χ4v) is 3.12. The first-order valence-electron chi connectivity index (χ1n) is 7.44. The Kier molecular flexibility index (Phi) is 3.93. The van der Waals surface area contributed by atoms with Crippen molar-refractivity contribution in [2.75, 3.05) is 24.7 Å². The number of anilines is 1. The van der Waals surface area contributed by atoms with Gasteiger partial charge in [0.15, 0.2) is 0 Å². The molecule has 4 heteroatoms. The van der Waals surface area contributed by atoms with E-state index < -0.39 is 0 Å². The van der Waals surface area contributed by atoms with Gasteiger partial charge in [-0.3, -0.25) is 0 Å². The highest BCUT2D eigenvalue weighted by atomic mass is 35.5. The zero-order valence-corrected chi connectivity index (χ0v) is 13.0. The summed E-state index contributed by atoms with van der Waals surface area (Å²) in [6.07, 6.45) is 2.61. The van der Waals surface area contributed by atoms with Gasteiger partial charge in [-0.1, -0.05) is 23.7 Å². The van der Waals surface area contributed by atoms with Crippen LogP contribution < -0.4 is 10.2 Å². The van der Waals surface area contributed by atoms with E-state index >= 15 is 0 Å². The standard InChI is InChI=1S/C16H23ClN2O/c1-16(2)11-20-9-8-19(16)15-12(4-3-5-14(15)17)10-18-13-6-7-13/h3-5,13,18H,6-11H2,1-2H3. The summed E-state index contributed by atoms with van der Waals surface area (Å²) in [5.74, 6) is 0. The van der Waals surface area contributed by atoms with Gasteiger partial charge in [0.2, 0.25) is 0 Å².